The van der Waals surface area contributed by atoms with Crippen molar-refractivity contribution in [3.63, 3.8) is 0 Å². The monoisotopic (exact) mass is 455 g/mol. The zero-order valence-corrected chi connectivity index (χ0v) is 18.0. The minimum Gasteiger partial charge on any atom is -0.494 e. The second-order valence-corrected chi connectivity index (χ2v) is 8.23. The number of aromatic amines is 1. The molecule has 5 rings (SSSR count). The molecule has 0 saturated carbocycles. The smallest absolute Gasteiger partial charge is 0.306 e. The van der Waals surface area contributed by atoms with E-state index in [1.807, 2.05) is 16.7 Å². The molecule has 0 amide bonds. The summed E-state index contributed by atoms with van der Waals surface area (Å²) in [6.45, 7) is 1.05. The van der Waals surface area contributed by atoms with Crippen molar-refractivity contribution in [1.29, 1.82) is 0 Å². The third-order valence-corrected chi connectivity index (χ3v) is 6.27. The Hall–Kier alpha value is -3.46. The molecule has 2 aromatic carbocycles. The van der Waals surface area contributed by atoms with Gasteiger partial charge in [-0.2, -0.15) is 5.10 Å². The van der Waals surface area contributed by atoms with Gasteiger partial charge in [-0.1, -0.05) is 0 Å². The Morgan fingerprint density at radius 3 is 2.85 bits per heavy atom. The second kappa shape index (κ2) is 8.47. The highest BCUT2D eigenvalue weighted by atomic mass is 19.1. The Morgan fingerprint density at radius 1 is 1.33 bits per heavy atom. The number of H-pyrrole nitrogens is 1. The van der Waals surface area contributed by atoms with E-state index in [0.29, 0.717) is 53.9 Å². The maximum atomic E-state index is 15.7. The van der Waals surface area contributed by atoms with E-state index in [1.54, 1.807) is 18.3 Å². The van der Waals surface area contributed by atoms with E-state index in [9.17, 15) is 14.3 Å². The van der Waals surface area contributed by atoms with E-state index in [1.165, 1.54) is 13.2 Å². The summed E-state index contributed by atoms with van der Waals surface area (Å²) in [5, 5.41) is 17.7. The minimum absolute atomic E-state index is 0.0549. The number of nitrogens with one attached hydrogen (secondary N) is 1. The highest BCUT2D eigenvalue weighted by Gasteiger charge is 2.32. The largest absolute Gasteiger partial charge is 0.494 e. The van der Waals surface area contributed by atoms with Crippen LogP contribution in [-0.4, -0.2) is 46.2 Å². The summed E-state index contributed by atoms with van der Waals surface area (Å²) in [6.07, 6.45) is 0.645. The molecule has 2 aromatic heterocycles. The van der Waals surface area contributed by atoms with Gasteiger partial charge in [0.15, 0.2) is 11.6 Å². The number of hydrogen-bond donors (Lipinski definition) is 2. The van der Waals surface area contributed by atoms with Gasteiger partial charge >= 0.3 is 5.97 Å². The van der Waals surface area contributed by atoms with Crippen molar-refractivity contribution in [2.75, 3.05) is 20.3 Å². The molecule has 172 valence electrons. The standard InChI is InChI=1S/C24H23F2N3O4/c1-32-21-9-15(2-3-17(21)25)29-20-8-14-12-27-28-19(14)10-16(20)23(18(26)11-22(30)31)24(29)13-4-6-33-7-5-13/h2-3,8-10,12-13,18H,4-7,11H2,1H3,(H,27,28)(H,30,31)/t18-/m1/s1. The van der Waals surface area contributed by atoms with Gasteiger partial charge in [0.1, 0.15) is 6.17 Å². The van der Waals surface area contributed by atoms with Crippen LogP contribution in [0.15, 0.2) is 36.5 Å². The van der Waals surface area contributed by atoms with E-state index in [0.717, 1.165) is 10.9 Å². The Labute approximate surface area is 187 Å². The van der Waals surface area contributed by atoms with Crippen LogP contribution in [0.3, 0.4) is 0 Å². The predicted octanol–water partition coefficient (Wildman–Crippen LogP) is 5.03. The maximum Gasteiger partial charge on any atom is 0.306 e. The molecule has 1 saturated heterocycles. The fourth-order valence-corrected chi connectivity index (χ4v) is 4.79. The molecule has 1 aliphatic heterocycles. The number of carboxylic acids is 1. The van der Waals surface area contributed by atoms with Gasteiger partial charge in [0.2, 0.25) is 0 Å². The molecular formula is C24H23F2N3O4. The fraction of sp³-hybridized carbons (Fsp3) is 0.333. The van der Waals surface area contributed by atoms with E-state index < -0.39 is 24.4 Å². The summed E-state index contributed by atoms with van der Waals surface area (Å²) in [7, 11) is 1.39. The lowest BCUT2D eigenvalue weighted by atomic mass is 9.90. The Bertz CT molecular complexity index is 1340. The molecule has 4 aromatic rings. The summed E-state index contributed by atoms with van der Waals surface area (Å²) in [6, 6.07) is 8.21. The van der Waals surface area contributed by atoms with Gasteiger partial charge in [-0.15, -0.1) is 0 Å². The van der Waals surface area contributed by atoms with E-state index >= 15 is 4.39 Å². The number of carbonyl (C=O) groups is 1. The first kappa shape index (κ1) is 21.4. The number of aliphatic carboxylic acids is 1. The first-order chi connectivity index (χ1) is 16.0. The number of hydrogen-bond acceptors (Lipinski definition) is 4. The van der Waals surface area contributed by atoms with Crippen LogP contribution >= 0.6 is 0 Å². The molecule has 3 heterocycles. The summed E-state index contributed by atoms with van der Waals surface area (Å²) in [5.74, 6) is -1.70. The topological polar surface area (TPSA) is 89.4 Å². The third-order valence-electron chi connectivity index (χ3n) is 6.27. The predicted molar refractivity (Wildman–Crippen MR) is 118 cm³/mol. The lowest BCUT2D eigenvalue weighted by molar-refractivity contribution is -0.138. The minimum atomic E-state index is -1.72. The quantitative estimate of drug-likeness (QED) is 0.426. The van der Waals surface area contributed by atoms with Crippen LogP contribution in [0, 0.1) is 5.82 Å². The zero-order chi connectivity index (χ0) is 23.1. The number of benzene rings is 2. The Balaban J connectivity index is 1.87. The van der Waals surface area contributed by atoms with Crippen LogP contribution in [0.25, 0.3) is 27.5 Å². The van der Waals surface area contributed by atoms with Crippen LogP contribution in [0.2, 0.25) is 0 Å². The summed E-state index contributed by atoms with van der Waals surface area (Å²) >= 11 is 0. The molecule has 7 nitrogen and oxygen atoms in total. The molecule has 0 radical (unpaired) electrons. The molecule has 0 spiro atoms. The fourth-order valence-electron chi connectivity index (χ4n) is 4.79. The highest BCUT2D eigenvalue weighted by molar-refractivity contribution is 5.99. The molecule has 9 heteroatoms. The molecule has 1 atom stereocenters. The SMILES string of the molecule is COc1cc(-n2c(C3CCOCC3)c([C@H](F)CC(=O)O)c3cc4[nH]ncc4cc32)ccc1F. The van der Waals surface area contributed by atoms with Crippen molar-refractivity contribution in [2.45, 2.75) is 31.4 Å². The summed E-state index contributed by atoms with van der Waals surface area (Å²) in [5.41, 5.74) is 3.06. The molecule has 0 bridgehead atoms. The average molecular weight is 455 g/mol. The maximum absolute atomic E-state index is 15.7. The second-order valence-electron chi connectivity index (χ2n) is 8.23. The van der Waals surface area contributed by atoms with E-state index in [4.69, 9.17) is 9.47 Å². The first-order valence-corrected chi connectivity index (χ1v) is 10.8. The van der Waals surface area contributed by atoms with Gasteiger partial charge in [0.05, 0.1) is 30.8 Å². The number of halogens is 2. The molecular weight excluding hydrogens is 432 g/mol. The van der Waals surface area contributed by atoms with Gasteiger partial charge < -0.3 is 19.1 Å². The van der Waals surface area contributed by atoms with Gasteiger partial charge in [-0.25, -0.2) is 8.78 Å². The van der Waals surface area contributed by atoms with Crippen LogP contribution in [-0.2, 0) is 9.53 Å². The third kappa shape index (κ3) is 3.72. The van der Waals surface area contributed by atoms with Gasteiger partial charge in [0.25, 0.3) is 0 Å². The Kier molecular flexibility index (Phi) is 5.49. The summed E-state index contributed by atoms with van der Waals surface area (Å²) in [4.78, 5) is 11.4. The normalized spacial score (nSPS) is 15.8. The molecule has 2 N–H and O–H groups in total. The van der Waals surface area contributed by atoms with Crippen molar-refractivity contribution >= 4 is 27.8 Å². The lowest BCUT2D eigenvalue weighted by Crippen LogP contribution is -2.19. The number of aromatic nitrogens is 3. The summed E-state index contributed by atoms with van der Waals surface area (Å²) < 4.78 is 42.5. The number of methoxy groups -OCH3 is 1. The molecule has 0 aliphatic carbocycles. The van der Waals surface area contributed by atoms with Crippen LogP contribution < -0.4 is 4.74 Å². The number of carboxylic acid groups (broad SMARTS) is 1. The van der Waals surface area contributed by atoms with Gasteiger partial charge in [0, 0.05) is 52.9 Å². The highest BCUT2D eigenvalue weighted by Crippen LogP contribution is 2.44. The zero-order valence-electron chi connectivity index (χ0n) is 18.0. The van der Waals surface area contributed by atoms with Crippen LogP contribution in [0.5, 0.6) is 5.75 Å². The van der Waals surface area contributed by atoms with Crippen molar-refractivity contribution in [3.8, 4) is 11.4 Å². The molecule has 0 unspecified atom stereocenters. The first-order valence-electron chi connectivity index (χ1n) is 10.8. The molecule has 1 fully saturated rings. The Morgan fingerprint density at radius 2 is 2.12 bits per heavy atom. The van der Waals surface area contributed by atoms with E-state index in [-0.39, 0.29) is 11.7 Å². The van der Waals surface area contributed by atoms with Crippen molar-refractivity contribution in [2.24, 2.45) is 0 Å². The van der Waals surface area contributed by atoms with Crippen molar-refractivity contribution in [3.05, 3.63) is 53.6 Å². The van der Waals surface area contributed by atoms with Crippen LogP contribution in [0.1, 0.15) is 42.6 Å². The average Bonchev–Trinajstić information content (AvgIpc) is 3.39. The number of nitrogens with zero attached hydrogens (tertiary/aromatic N) is 2. The van der Waals surface area contributed by atoms with Crippen molar-refractivity contribution in [1.82, 2.24) is 14.8 Å². The van der Waals surface area contributed by atoms with Gasteiger partial charge in [-0.3, -0.25) is 9.89 Å². The number of rotatable bonds is 6. The molecule has 33 heavy (non-hydrogen) atoms. The van der Waals surface area contributed by atoms with Gasteiger partial charge in [-0.05, 0) is 37.1 Å². The lowest BCUT2D eigenvalue weighted by Gasteiger charge is -2.26. The van der Waals surface area contributed by atoms with Crippen molar-refractivity contribution < 1.29 is 28.2 Å². The number of alkyl halides is 1. The van der Waals surface area contributed by atoms with E-state index in [2.05, 4.69) is 10.2 Å². The number of fused-ring (bicyclic) bond motifs is 2. The molecule has 1 aliphatic rings. The van der Waals surface area contributed by atoms with Crippen LogP contribution in [0.4, 0.5) is 8.78 Å². The number of ether oxygens (including phenoxy) is 2.